The molecule has 1 aromatic rings. The second-order valence-corrected chi connectivity index (χ2v) is 15.0. The lowest BCUT2D eigenvalue weighted by atomic mass is 10.1. The minimum atomic E-state index is -1.88. The molecule has 0 radical (unpaired) electrons. The van der Waals surface area contributed by atoms with Gasteiger partial charge in [0.05, 0.1) is 11.0 Å². The van der Waals surface area contributed by atoms with Gasteiger partial charge in [0.15, 0.2) is 0 Å². The number of aryl methyl sites for hydroxylation is 1. The topological polar surface area (TPSA) is 9.23 Å². The van der Waals surface area contributed by atoms with Crippen molar-refractivity contribution < 1.29 is 4.43 Å². The summed E-state index contributed by atoms with van der Waals surface area (Å²) in [6.45, 7) is 22.3. The summed E-state index contributed by atoms with van der Waals surface area (Å²) in [5.41, 5.74) is 1.29. The van der Waals surface area contributed by atoms with Gasteiger partial charge >= 0.3 is 0 Å². The highest BCUT2D eigenvalue weighted by Crippen LogP contribution is 2.40. The van der Waals surface area contributed by atoms with E-state index in [1.54, 1.807) is 0 Å². The van der Waals surface area contributed by atoms with Crippen molar-refractivity contribution in [2.24, 2.45) is 5.92 Å². The van der Waals surface area contributed by atoms with E-state index < -0.39 is 8.32 Å². The van der Waals surface area contributed by atoms with Crippen LogP contribution in [0.4, 0.5) is 0 Å². The Morgan fingerprint density at radius 3 is 2.23 bits per heavy atom. The van der Waals surface area contributed by atoms with Crippen LogP contribution in [0.2, 0.25) is 18.1 Å². The molecule has 0 N–H and O–H groups in total. The molecule has 0 aromatic heterocycles. The number of hydrogen-bond acceptors (Lipinski definition) is 2. The van der Waals surface area contributed by atoms with Crippen LogP contribution in [0, 0.1) is 12.8 Å². The lowest BCUT2D eigenvalue weighted by Gasteiger charge is -2.38. The predicted octanol–water partition coefficient (Wildman–Crippen LogP) is 7.98. The number of rotatable bonds is 9. The summed E-state index contributed by atoms with van der Waals surface area (Å²) in [6, 6.07) is 8.71. The molecule has 0 spiro atoms. The number of hydrogen-bond donors (Lipinski definition) is 0. The highest BCUT2D eigenvalue weighted by molar-refractivity contribution is 8.00. The molecule has 0 aliphatic carbocycles. The maximum atomic E-state index is 6.74. The summed E-state index contributed by atoms with van der Waals surface area (Å²) in [5, 5.41) is 0.337. The normalized spacial score (nSPS) is 14.4. The van der Waals surface area contributed by atoms with E-state index in [1.165, 1.54) is 16.9 Å². The summed E-state index contributed by atoms with van der Waals surface area (Å²) in [7, 11) is -1.88. The van der Waals surface area contributed by atoms with E-state index in [1.807, 2.05) is 17.8 Å². The van der Waals surface area contributed by atoms with Crippen molar-refractivity contribution >= 4 is 20.1 Å². The molecule has 0 heterocycles. The molecule has 0 aliphatic heterocycles. The van der Waals surface area contributed by atoms with Crippen LogP contribution in [0.25, 0.3) is 0 Å². The molecule has 3 heteroatoms. The van der Waals surface area contributed by atoms with Gasteiger partial charge in [-0.2, -0.15) is 0 Å². The van der Waals surface area contributed by atoms with Gasteiger partial charge in [0.2, 0.25) is 8.32 Å². The third-order valence-electron chi connectivity index (χ3n) is 5.05. The fourth-order valence-electron chi connectivity index (χ4n) is 2.21. The second kappa shape index (κ2) is 9.84. The zero-order valence-electron chi connectivity index (χ0n) is 18.1. The van der Waals surface area contributed by atoms with E-state index >= 15 is 0 Å². The van der Waals surface area contributed by atoms with Crippen LogP contribution >= 0.6 is 11.8 Å². The molecule has 0 fully saturated rings. The third-order valence-corrected chi connectivity index (χ3v) is 10.6. The van der Waals surface area contributed by atoms with Crippen LogP contribution in [0.15, 0.2) is 53.7 Å². The van der Waals surface area contributed by atoms with Gasteiger partial charge in [-0.3, -0.25) is 0 Å². The standard InChI is InChI=1S/C23H38OSSi/c1-10-22(25-20-16-14-19(4)15-17-20)21(13-11-12-18(2)3)24-26(8,9)23(5,6)7/h10,13-18,22H,1,11-12H2,2-9H3/b21-13-/t22-/m1/s1. The molecule has 0 saturated carbocycles. The van der Waals surface area contributed by atoms with Crippen molar-refractivity contribution in [3.05, 3.63) is 54.3 Å². The molecule has 0 saturated heterocycles. The average Bonchev–Trinajstić information content (AvgIpc) is 2.52. The third kappa shape index (κ3) is 7.36. The van der Waals surface area contributed by atoms with E-state index in [4.69, 9.17) is 4.43 Å². The van der Waals surface area contributed by atoms with Crippen LogP contribution in [0.5, 0.6) is 0 Å². The summed E-state index contributed by atoms with van der Waals surface area (Å²) in [5.74, 6) is 1.80. The van der Waals surface area contributed by atoms with Crippen LogP contribution in [-0.2, 0) is 4.43 Å². The van der Waals surface area contributed by atoms with Crippen LogP contribution in [0.1, 0.15) is 53.0 Å². The van der Waals surface area contributed by atoms with Gasteiger partial charge in [0.1, 0.15) is 0 Å². The Balaban J connectivity index is 3.06. The Bertz CT molecular complexity index is 594. The first-order valence-corrected chi connectivity index (χ1v) is 13.5. The zero-order chi connectivity index (χ0) is 20.0. The molecule has 1 nitrogen and oxygen atoms in total. The Kier molecular flexibility index (Phi) is 8.75. The highest BCUT2D eigenvalue weighted by atomic mass is 32.2. The average molecular weight is 391 g/mol. The minimum Gasteiger partial charge on any atom is -0.546 e. The van der Waals surface area contributed by atoms with Crippen molar-refractivity contribution in [2.75, 3.05) is 0 Å². The van der Waals surface area contributed by atoms with E-state index in [0.29, 0.717) is 5.92 Å². The molecule has 0 bridgehead atoms. The van der Waals surface area contributed by atoms with Crippen molar-refractivity contribution in [3.8, 4) is 0 Å². The summed E-state index contributed by atoms with van der Waals surface area (Å²) in [6.07, 6.45) is 6.58. The molecular weight excluding hydrogens is 352 g/mol. The van der Waals surface area contributed by atoms with Crippen LogP contribution < -0.4 is 0 Å². The number of thioether (sulfide) groups is 1. The van der Waals surface area contributed by atoms with Crippen molar-refractivity contribution in [1.82, 2.24) is 0 Å². The highest BCUT2D eigenvalue weighted by Gasteiger charge is 2.40. The second-order valence-electron chi connectivity index (χ2n) is 9.03. The lowest BCUT2D eigenvalue weighted by molar-refractivity contribution is 0.375. The van der Waals surface area contributed by atoms with E-state index in [-0.39, 0.29) is 10.3 Å². The summed E-state index contributed by atoms with van der Waals surface area (Å²) >= 11 is 1.83. The van der Waals surface area contributed by atoms with E-state index in [0.717, 1.165) is 12.2 Å². The van der Waals surface area contributed by atoms with Gasteiger partial charge in [0.25, 0.3) is 0 Å². The summed E-state index contributed by atoms with van der Waals surface area (Å²) < 4.78 is 6.74. The molecule has 0 unspecified atom stereocenters. The maximum absolute atomic E-state index is 6.74. The van der Waals surface area contributed by atoms with Crippen molar-refractivity contribution in [2.45, 2.75) is 82.7 Å². The van der Waals surface area contributed by atoms with E-state index in [9.17, 15) is 0 Å². The van der Waals surface area contributed by atoms with Gasteiger partial charge in [0, 0.05) is 4.90 Å². The van der Waals surface area contributed by atoms with Crippen LogP contribution in [0.3, 0.4) is 0 Å². The smallest absolute Gasteiger partial charge is 0.250 e. The molecule has 1 aromatic carbocycles. The lowest BCUT2D eigenvalue weighted by Crippen LogP contribution is -2.41. The Morgan fingerprint density at radius 1 is 1.19 bits per heavy atom. The monoisotopic (exact) mass is 390 g/mol. The maximum Gasteiger partial charge on any atom is 0.250 e. The van der Waals surface area contributed by atoms with Gasteiger partial charge in [-0.05, 0) is 62.0 Å². The Labute approximate surface area is 167 Å². The molecule has 26 heavy (non-hydrogen) atoms. The van der Waals surface area contributed by atoms with Crippen LogP contribution in [-0.4, -0.2) is 13.6 Å². The Hall–Kier alpha value is -0.933. The molecule has 1 rings (SSSR count). The number of benzene rings is 1. The molecule has 1 atom stereocenters. The van der Waals surface area contributed by atoms with Crippen molar-refractivity contribution in [3.63, 3.8) is 0 Å². The minimum absolute atomic E-state index is 0.152. The fraction of sp³-hybridized carbons (Fsp3) is 0.565. The predicted molar refractivity (Wildman–Crippen MR) is 121 cm³/mol. The molecule has 146 valence electrons. The summed E-state index contributed by atoms with van der Waals surface area (Å²) in [4.78, 5) is 1.26. The first kappa shape index (κ1) is 23.1. The SMILES string of the molecule is C=C[C@@H](Sc1ccc(C)cc1)/C(=C/CCC(C)C)O[Si](C)(C)C(C)(C)C. The first-order chi connectivity index (χ1) is 12.0. The fourth-order valence-corrected chi connectivity index (χ4v) is 4.34. The first-order valence-electron chi connectivity index (χ1n) is 9.71. The molecule has 0 aliphatic rings. The van der Waals surface area contributed by atoms with Gasteiger partial charge < -0.3 is 4.43 Å². The van der Waals surface area contributed by atoms with E-state index in [2.05, 4.69) is 91.6 Å². The van der Waals surface area contributed by atoms with Crippen molar-refractivity contribution in [1.29, 1.82) is 0 Å². The molecule has 0 amide bonds. The number of allylic oxidation sites excluding steroid dienone is 1. The Morgan fingerprint density at radius 2 is 1.77 bits per heavy atom. The van der Waals surface area contributed by atoms with Gasteiger partial charge in [-0.1, -0.05) is 58.4 Å². The quantitative estimate of drug-likeness (QED) is 0.183. The van der Waals surface area contributed by atoms with Gasteiger partial charge in [-0.15, -0.1) is 18.3 Å². The zero-order valence-corrected chi connectivity index (χ0v) is 19.9. The largest absolute Gasteiger partial charge is 0.546 e. The molecular formula is C23H38OSSi. The van der Waals surface area contributed by atoms with Gasteiger partial charge in [-0.25, -0.2) is 0 Å².